The number of thioether (sulfide) groups is 1. The van der Waals surface area contributed by atoms with Crippen LogP contribution in [0.25, 0.3) is 0 Å². The number of nitrogens with zero attached hydrogens (tertiary/aromatic N) is 3. The van der Waals surface area contributed by atoms with Gasteiger partial charge in [0.1, 0.15) is 0 Å². The second-order valence-electron chi connectivity index (χ2n) is 7.58. The monoisotopic (exact) mass is 418 g/mol. The van der Waals surface area contributed by atoms with Crippen LogP contribution in [0.4, 0.5) is 11.5 Å². The molecule has 1 fully saturated rings. The van der Waals surface area contributed by atoms with E-state index in [1.165, 1.54) is 5.56 Å². The SMILES string of the molecule is CSc1ccc(NC(=O)c2ccc(N3CCC(Cc4ccccc4)CC3)nn2)cc1. The number of carbonyl (C=O) groups is 1. The minimum atomic E-state index is -0.243. The van der Waals surface area contributed by atoms with E-state index in [0.29, 0.717) is 11.6 Å². The molecule has 0 unspecified atom stereocenters. The van der Waals surface area contributed by atoms with E-state index in [9.17, 15) is 4.79 Å². The molecule has 5 nitrogen and oxygen atoms in total. The number of benzene rings is 2. The summed E-state index contributed by atoms with van der Waals surface area (Å²) in [7, 11) is 0. The fourth-order valence-corrected chi connectivity index (χ4v) is 4.21. The van der Waals surface area contributed by atoms with Crippen molar-refractivity contribution in [3.05, 3.63) is 78.0 Å². The molecule has 154 valence electrons. The highest BCUT2D eigenvalue weighted by molar-refractivity contribution is 7.98. The van der Waals surface area contributed by atoms with Gasteiger partial charge in [0.05, 0.1) is 0 Å². The first-order valence-electron chi connectivity index (χ1n) is 10.3. The number of hydrogen-bond donors (Lipinski definition) is 1. The van der Waals surface area contributed by atoms with Crippen molar-refractivity contribution in [1.82, 2.24) is 10.2 Å². The van der Waals surface area contributed by atoms with Crippen LogP contribution in [0, 0.1) is 5.92 Å². The average molecular weight is 419 g/mol. The molecule has 0 atom stereocenters. The van der Waals surface area contributed by atoms with Gasteiger partial charge in [0, 0.05) is 23.7 Å². The van der Waals surface area contributed by atoms with Gasteiger partial charge in [-0.25, -0.2) is 0 Å². The van der Waals surface area contributed by atoms with Crippen LogP contribution in [-0.2, 0) is 6.42 Å². The Morgan fingerprint density at radius 1 is 1.00 bits per heavy atom. The molecule has 1 aromatic heterocycles. The molecule has 1 saturated heterocycles. The summed E-state index contributed by atoms with van der Waals surface area (Å²) in [6.07, 6.45) is 5.45. The van der Waals surface area contributed by atoms with Crippen molar-refractivity contribution in [3.8, 4) is 0 Å². The molecule has 0 aliphatic carbocycles. The van der Waals surface area contributed by atoms with E-state index >= 15 is 0 Å². The molecular weight excluding hydrogens is 392 g/mol. The lowest BCUT2D eigenvalue weighted by atomic mass is 9.90. The maximum atomic E-state index is 12.4. The molecule has 0 bridgehead atoms. The van der Waals surface area contributed by atoms with Gasteiger partial charge >= 0.3 is 0 Å². The first-order chi connectivity index (χ1) is 14.7. The van der Waals surface area contributed by atoms with Gasteiger partial charge in [-0.2, -0.15) is 0 Å². The van der Waals surface area contributed by atoms with Crippen molar-refractivity contribution in [2.45, 2.75) is 24.2 Å². The molecule has 4 rings (SSSR count). The molecule has 2 aromatic carbocycles. The third-order valence-electron chi connectivity index (χ3n) is 5.54. The Morgan fingerprint density at radius 2 is 1.73 bits per heavy atom. The van der Waals surface area contributed by atoms with Crippen molar-refractivity contribution < 1.29 is 4.79 Å². The van der Waals surface area contributed by atoms with Crippen LogP contribution < -0.4 is 10.2 Å². The Hall–Kier alpha value is -2.86. The number of rotatable bonds is 6. The summed E-state index contributed by atoms with van der Waals surface area (Å²) in [5.41, 5.74) is 2.49. The fourth-order valence-electron chi connectivity index (χ4n) is 3.80. The molecule has 0 radical (unpaired) electrons. The normalized spacial score (nSPS) is 14.5. The zero-order chi connectivity index (χ0) is 20.8. The number of carbonyl (C=O) groups excluding carboxylic acids is 1. The number of anilines is 2. The standard InChI is InChI=1S/C24H26N4OS/c1-30-21-9-7-20(8-10-21)25-24(29)22-11-12-23(27-26-22)28-15-13-19(14-16-28)17-18-5-3-2-4-6-18/h2-12,19H,13-17H2,1H3,(H,25,29). The average Bonchev–Trinajstić information content (AvgIpc) is 2.81. The highest BCUT2D eigenvalue weighted by Crippen LogP contribution is 2.24. The second-order valence-corrected chi connectivity index (χ2v) is 8.46. The van der Waals surface area contributed by atoms with Crippen LogP contribution in [0.5, 0.6) is 0 Å². The summed E-state index contributed by atoms with van der Waals surface area (Å²) in [6, 6.07) is 22.1. The van der Waals surface area contributed by atoms with E-state index in [4.69, 9.17) is 0 Å². The molecule has 2 heterocycles. The first kappa shape index (κ1) is 20.4. The molecular formula is C24H26N4OS. The highest BCUT2D eigenvalue weighted by Gasteiger charge is 2.21. The molecule has 30 heavy (non-hydrogen) atoms. The smallest absolute Gasteiger partial charge is 0.276 e. The van der Waals surface area contributed by atoms with E-state index < -0.39 is 0 Å². The first-order valence-corrected chi connectivity index (χ1v) is 11.5. The summed E-state index contributed by atoms with van der Waals surface area (Å²) in [5.74, 6) is 1.31. The summed E-state index contributed by atoms with van der Waals surface area (Å²) in [6.45, 7) is 1.94. The van der Waals surface area contributed by atoms with E-state index in [1.807, 2.05) is 36.6 Å². The topological polar surface area (TPSA) is 58.1 Å². The molecule has 6 heteroatoms. The molecule has 0 saturated carbocycles. The Bertz CT molecular complexity index is 953. The largest absolute Gasteiger partial charge is 0.355 e. The molecule has 0 spiro atoms. The van der Waals surface area contributed by atoms with Crippen LogP contribution in [0.2, 0.25) is 0 Å². The quantitative estimate of drug-likeness (QED) is 0.577. The Labute approximate surface area is 181 Å². The number of piperidine rings is 1. The maximum absolute atomic E-state index is 12.4. The van der Waals surface area contributed by atoms with E-state index in [-0.39, 0.29) is 5.91 Å². The van der Waals surface area contributed by atoms with Crippen LogP contribution in [0.3, 0.4) is 0 Å². The number of amides is 1. The summed E-state index contributed by atoms with van der Waals surface area (Å²) in [4.78, 5) is 15.9. The predicted octanol–water partition coefficient (Wildman–Crippen LogP) is 4.91. The molecule has 1 N–H and O–H groups in total. The van der Waals surface area contributed by atoms with Crippen LogP contribution in [0.15, 0.2) is 71.6 Å². The fraction of sp³-hybridized carbons (Fsp3) is 0.292. The maximum Gasteiger partial charge on any atom is 0.276 e. The van der Waals surface area contributed by atoms with Crippen molar-refractivity contribution in [2.75, 3.05) is 29.6 Å². The van der Waals surface area contributed by atoms with Crippen molar-refractivity contribution in [2.24, 2.45) is 5.92 Å². The number of aromatic nitrogens is 2. The second kappa shape index (κ2) is 9.76. The molecule has 1 aliphatic heterocycles. The molecule has 1 amide bonds. The zero-order valence-corrected chi connectivity index (χ0v) is 17.9. The van der Waals surface area contributed by atoms with Crippen molar-refractivity contribution >= 4 is 29.2 Å². The van der Waals surface area contributed by atoms with Gasteiger partial charge in [-0.1, -0.05) is 30.3 Å². The van der Waals surface area contributed by atoms with Crippen LogP contribution in [0.1, 0.15) is 28.9 Å². The van der Waals surface area contributed by atoms with E-state index in [2.05, 4.69) is 50.7 Å². The van der Waals surface area contributed by atoms with Gasteiger partial charge in [0.2, 0.25) is 0 Å². The van der Waals surface area contributed by atoms with Gasteiger partial charge in [-0.3, -0.25) is 4.79 Å². The zero-order valence-electron chi connectivity index (χ0n) is 17.1. The predicted molar refractivity (Wildman–Crippen MR) is 123 cm³/mol. The highest BCUT2D eigenvalue weighted by atomic mass is 32.2. The van der Waals surface area contributed by atoms with Gasteiger partial charge in [-0.05, 0) is 73.4 Å². The third kappa shape index (κ3) is 5.19. The molecule has 3 aromatic rings. The Kier molecular flexibility index (Phi) is 6.64. The van der Waals surface area contributed by atoms with E-state index in [1.54, 1.807) is 17.8 Å². The minimum Gasteiger partial charge on any atom is -0.355 e. The Morgan fingerprint density at radius 3 is 2.37 bits per heavy atom. The van der Waals surface area contributed by atoms with Gasteiger partial charge in [-0.15, -0.1) is 22.0 Å². The number of hydrogen-bond acceptors (Lipinski definition) is 5. The van der Waals surface area contributed by atoms with Gasteiger partial charge in [0.25, 0.3) is 5.91 Å². The molecule has 1 aliphatic rings. The lowest BCUT2D eigenvalue weighted by Crippen LogP contribution is -2.35. The Balaban J connectivity index is 1.30. The lowest BCUT2D eigenvalue weighted by Gasteiger charge is -2.32. The van der Waals surface area contributed by atoms with Crippen LogP contribution >= 0.6 is 11.8 Å². The third-order valence-corrected chi connectivity index (χ3v) is 6.28. The van der Waals surface area contributed by atoms with Crippen molar-refractivity contribution in [1.29, 1.82) is 0 Å². The van der Waals surface area contributed by atoms with Crippen LogP contribution in [-0.4, -0.2) is 35.4 Å². The lowest BCUT2D eigenvalue weighted by molar-refractivity contribution is 0.102. The number of nitrogens with one attached hydrogen (secondary N) is 1. The van der Waals surface area contributed by atoms with Gasteiger partial charge in [0.15, 0.2) is 11.5 Å². The van der Waals surface area contributed by atoms with E-state index in [0.717, 1.165) is 48.8 Å². The summed E-state index contributed by atoms with van der Waals surface area (Å²) < 4.78 is 0. The summed E-state index contributed by atoms with van der Waals surface area (Å²) in [5, 5.41) is 11.3. The summed E-state index contributed by atoms with van der Waals surface area (Å²) >= 11 is 1.67. The van der Waals surface area contributed by atoms with Crippen molar-refractivity contribution in [3.63, 3.8) is 0 Å². The van der Waals surface area contributed by atoms with Gasteiger partial charge < -0.3 is 10.2 Å². The minimum absolute atomic E-state index is 0.243.